The van der Waals surface area contributed by atoms with Gasteiger partial charge in [0.05, 0.1) is 23.9 Å². The van der Waals surface area contributed by atoms with Crippen LogP contribution in [0.25, 0.3) is 10.2 Å². The molecule has 2 aromatic rings. The zero-order valence-corrected chi connectivity index (χ0v) is 14.9. The molecule has 2 N–H and O–H groups in total. The number of carbonyl (C=O) groups excluding carboxylic acids is 2. The third-order valence-corrected chi connectivity index (χ3v) is 6.05. The van der Waals surface area contributed by atoms with Gasteiger partial charge in [-0.25, -0.2) is 9.78 Å². The number of esters is 1. The fourth-order valence-electron chi connectivity index (χ4n) is 2.42. The molecule has 126 valence electrons. The van der Waals surface area contributed by atoms with Gasteiger partial charge in [-0.05, 0) is 24.6 Å². The van der Waals surface area contributed by atoms with Gasteiger partial charge in [0.15, 0.2) is 4.34 Å². The van der Waals surface area contributed by atoms with Crippen molar-refractivity contribution in [1.82, 2.24) is 9.88 Å². The number of thioether (sulfide) groups is 1. The van der Waals surface area contributed by atoms with Crippen LogP contribution < -0.4 is 5.73 Å². The minimum atomic E-state index is -0.533. The number of rotatable bonds is 5. The van der Waals surface area contributed by atoms with E-state index in [0.29, 0.717) is 12.3 Å². The minimum absolute atomic E-state index is 0.250. The Morgan fingerprint density at radius 2 is 2.25 bits per heavy atom. The molecular weight excluding hydrogens is 346 g/mol. The number of aromatic nitrogens is 1. The zero-order chi connectivity index (χ0) is 17.3. The van der Waals surface area contributed by atoms with Gasteiger partial charge in [0.25, 0.3) is 0 Å². The van der Waals surface area contributed by atoms with Crippen molar-refractivity contribution in [2.75, 3.05) is 19.4 Å². The summed E-state index contributed by atoms with van der Waals surface area (Å²) in [5.74, 6) is -0.221. The van der Waals surface area contributed by atoms with E-state index in [2.05, 4.69) is 4.98 Å². The van der Waals surface area contributed by atoms with Gasteiger partial charge in [-0.2, -0.15) is 0 Å². The van der Waals surface area contributed by atoms with Crippen molar-refractivity contribution >= 4 is 45.2 Å². The standard InChI is InChI=1S/C16H17N3O3S2/c1-9(13(15(21)22-2)19-7-10(17)14(19)20)8-23-16-18-11-5-3-4-6-12(11)24-16/h3-6,10H,7-8,17H2,1-2H3. The maximum Gasteiger partial charge on any atom is 0.354 e. The minimum Gasteiger partial charge on any atom is -0.464 e. The molecule has 1 aliphatic rings. The van der Waals surface area contributed by atoms with Crippen LogP contribution in [-0.4, -0.2) is 47.2 Å². The quantitative estimate of drug-likeness (QED) is 0.378. The van der Waals surface area contributed by atoms with Gasteiger partial charge in [0.2, 0.25) is 5.91 Å². The fraction of sp³-hybridized carbons (Fsp3) is 0.312. The zero-order valence-electron chi connectivity index (χ0n) is 13.3. The van der Waals surface area contributed by atoms with Gasteiger partial charge < -0.3 is 15.4 Å². The first-order chi connectivity index (χ1) is 11.5. The highest BCUT2D eigenvalue weighted by Gasteiger charge is 2.39. The lowest BCUT2D eigenvalue weighted by molar-refractivity contribution is -0.147. The summed E-state index contributed by atoms with van der Waals surface area (Å²) >= 11 is 3.14. The number of fused-ring (bicyclic) bond motifs is 1. The number of likely N-dealkylation sites (tertiary alicyclic amines) is 1. The van der Waals surface area contributed by atoms with Crippen molar-refractivity contribution in [1.29, 1.82) is 0 Å². The summed E-state index contributed by atoms with van der Waals surface area (Å²) in [7, 11) is 1.31. The Hall–Kier alpha value is -1.90. The van der Waals surface area contributed by atoms with Crippen molar-refractivity contribution in [3.05, 3.63) is 35.5 Å². The van der Waals surface area contributed by atoms with Gasteiger partial charge in [-0.15, -0.1) is 11.3 Å². The van der Waals surface area contributed by atoms with Crippen LogP contribution in [0.4, 0.5) is 0 Å². The van der Waals surface area contributed by atoms with E-state index >= 15 is 0 Å². The Morgan fingerprint density at radius 3 is 2.88 bits per heavy atom. The van der Waals surface area contributed by atoms with E-state index in [0.717, 1.165) is 20.1 Å². The highest BCUT2D eigenvalue weighted by molar-refractivity contribution is 8.01. The second-order valence-corrected chi connectivity index (χ2v) is 7.67. The van der Waals surface area contributed by atoms with E-state index in [9.17, 15) is 9.59 Å². The molecular formula is C16H17N3O3S2. The fourth-order valence-corrected chi connectivity index (χ4v) is 4.44. The molecule has 0 aliphatic carbocycles. The van der Waals surface area contributed by atoms with Crippen LogP contribution in [0.1, 0.15) is 6.92 Å². The number of methoxy groups -OCH3 is 1. The van der Waals surface area contributed by atoms with Crippen LogP contribution in [0.5, 0.6) is 0 Å². The number of nitrogens with two attached hydrogens (primary N) is 1. The third kappa shape index (κ3) is 3.17. The number of ether oxygens (including phenoxy) is 1. The van der Waals surface area contributed by atoms with E-state index in [-0.39, 0.29) is 11.6 Å². The molecule has 0 saturated carbocycles. The van der Waals surface area contributed by atoms with Gasteiger partial charge >= 0.3 is 5.97 Å². The summed E-state index contributed by atoms with van der Waals surface area (Å²) in [4.78, 5) is 29.9. The van der Waals surface area contributed by atoms with Gasteiger partial charge in [-0.1, -0.05) is 23.9 Å². The molecule has 1 unspecified atom stereocenters. The highest BCUT2D eigenvalue weighted by Crippen LogP contribution is 2.31. The summed E-state index contributed by atoms with van der Waals surface area (Å²) in [6.07, 6.45) is 0. The second kappa shape index (κ2) is 6.92. The molecule has 3 rings (SSSR count). The molecule has 1 aromatic carbocycles. The number of nitrogens with zero attached hydrogens (tertiary/aromatic N) is 2. The van der Waals surface area contributed by atoms with Crippen molar-refractivity contribution in [2.45, 2.75) is 17.3 Å². The molecule has 24 heavy (non-hydrogen) atoms. The van der Waals surface area contributed by atoms with Crippen molar-refractivity contribution in [3.8, 4) is 0 Å². The van der Waals surface area contributed by atoms with Gasteiger partial charge in [0.1, 0.15) is 11.7 Å². The number of β-lactam (4-membered cyclic amide) rings is 1. The van der Waals surface area contributed by atoms with Crippen LogP contribution in [0.2, 0.25) is 0 Å². The SMILES string of the molecule is COC(=O)C(=C(C)CSc1nc2ccccc2s1)N1CC(N)C1=O. The summed E-state index contributed by atoms with van der Waals surface area (Å²) in [5, 5.41) is 0. The van der Waals surface area contributed by atoms with Crippen molar-refractivity contribution in [3.63, 3.8) is 0 Å². The van der Waals surface area contributed by atoms with Gasteiger partial charge in [0, 0.05) is 5.75 Å². The largest absolute Gasteiger partial charge is 0.464 e. The number of para-hydroxylation sites is 1. The summed E-state index contributed by atoms with van der Waals surface area (Å²) in [6, 6.07) is 7.40. The molecule has 1 aromatic heterocycles. The van der Waals surface area contributed by atoms with E-state index < -0.39 is 12.0 Å². The summed E-state index contributed by atoms with van der Waals surface area (Å²) in [6.45, 7) is 2.16. The predicted octanol–water partition coefficient (Wildman–Crippen LogP) is 2.00. The first kappa shape index (κ1) is 16.9. The van der Waals surface area contributed by atoms with Crippen LogP contribution in [0.3, 0.4) is 0 Å². The average Bonchev–Trinajstić information content (AvgIpc) is 3.01. The Kier molecular flexibility index (Phi) is 4.88. The third-order valence-electron chi connectivity index (χ3n) is 3.70. The van der Waals surface area contributed by atoms with Crippen molar-refractivity contribution < 1.29 is 14.3 Å². The molecule has 1 aliphatic heterocycles. The van der Waals surface area contributed by atoms with E-state index in [1.807, 2.05) is 31.2 Å². The molecule has 0 bridgehead atoms. The Labute approximate surface area is 147 Å². The van der Waals surface area contributed by atoms with Crippen LogP contribution in [-0.2, 0) is 14.3 Å². The average molecular weight is 363 g/mol. The first-order valence-electron chi connectivity index (χ1n) is 7.34. The molecule has 1 atom stereocenters. The Balaban J connectivity index is 1.78. The number of benzene rings is 1. The molecule has 8 heteroatoms. The number of hydrogen-bond acceptors (Lipinski definition) is 7. The Bertz CT molecular complexity index is 798. The molecule has 0 radical (unpaired) electrons. The van der Waals surface area contributed by atoms with Crippen LogP contribution in [0, 0.1) is 0 Å². The summed E-state index contributed by atoms with van der Waals surface area (Å²) < 4.78 is 6.87. The van der Waals surface area contributed by atoms with E-state index in [1.54, 1.807) is 11.3 Å². The number of thiazole rings is 1. The van der Waals surface area contributed by atoms with E-state index in [1.165, 1.54) is 23.8 Å². The lowest BCUT2D eigenvalue weighted by Gasteiger charge is -2.37. The lowest BCUT2D eigenvalue weighted by atomic mass is 10.1. The van der Waals surface area contributed by atoms with Crippen molar-refractivity contribution in [2.24, 2.45) is 5.73 Å². The first-order valence-corrected chi connectivity index (χ1v) is 9.15. The number of hydrogen-bond donors (Lipinski definition) is 1. The van der Waals surface area contributed by atoms with E-state index in [4.69, 9.17) is 10.5 Å². The highest BCUT2D eigenvalue weighted by atomic mass is 32.2. The Morgan fingerprint density at radius 1 is 1.50 bits per heavy atom. The molecule has 1 fully saturated rings. The maximum atomic E-state index is 12.1. The van der Waals surface area contributed by atoms with Gasteiger partial charge in [-0.3, -0.25) is 4.79 Å². The van der Waals surface area contributed by atoms with Crippen LogP contribution >= 0.6 is 23.1 Å². The molecule has 1 saturated heterocycles. The smallest absolute Gasteiger partial charge is 0.354 e. The number of amides is 1. The normalized spacial score (nSPS) is 18.4. The molecule has 6 nitrogen and oxygen atoms in total. The lowest BCUT2D eigenvalue weighted by Crippen LogP contribution is -2.61. The molecule has 1 amide bonds. The summed E-state index contributed by atoms with van der Waals surface area (Å²) in [5.41, 5.74) is 7.64. The molecule has 0 spiro atoms. The number of carbonyl (C=O) groups is 2. The van der Waals surface area contributed by atoms with Crippen LogP contribution in [0.15, 0.2) is 39.9 Å². The second-order valence-electron chi connectivity index (χ2n) is 5.41. The monoisotopic (exact) mass is 363 g/mol. The topological polar surface area (TPSA) is 85.5 Å². The molecule has 2 heterocycles. The maximum absolute atomic E-state index is 12.1. The predicted molar refractivity (Wildman–Crippen MR) is 94.7 cm³/mol.